The zero-order chi connectivity index (χ0) is 9.03. The fourth-order valence-electron chi connectivity index (χ4n) is 1.52. The lowest BCUT2D eigenvalue weighted by atomic mass is 9.97. The van der Waals surface area contributed by atoms with Crippen molar-refractivity contribution in [3.05, 3.63) is 0 Å². The van der Waals surface area contributed by atoms with Gasteiger partial charge in [-0.3, -0.25) is 0 Å². The summed E-state index contributed by atoms with van der Waals surface area (Å²) in [6, 6.07) is 0. The Morgan fingerprint density at radius 2 is 2.50 bits per heavy atom. The molecule has 0 saturated carbocycles. The number of rotatable bonds is 4. The van der Waals surface area contributed by atoms with Crippen molar-refractivity contribution in [1.82, 2.24) is 0 Å². The molecule has 0 bridgehead atoms. The van der Waals surface area contributed by atoms with Gasteiger partial charge in [0.2, 0.25) is 0 Å². The number of aliphatic hydroxyl groups is 1. The Kier molecular flexibility index (Phi) is 3.59. The van der Waals surface area contributed by atoms with Gasteiger partial charge in [-0.1, -0.05) is 0 Å². The molecule has 1 aliphatic rings. The number of thioether (sulfide) groups is 1. The molecule has 0 amide bonds. The average molecular weight is 188 g/mol. The lowest BCUT2D eigenvalue weighted by Crippen LogP contribution is -2.24. The van der Waals surface area contributed by atoms with E-state index in [-0.39, 0.29) is 10.9 Å². The molecule has 70 valence electrons. The van der Waals surface area contributed by atoms with Gasteiger partial charge in [0, 0.05) is 0 Å². The van der Waals surface area contributed by atoms with Crippen molar-refractivity contribution in [2.24, 2.45) is 0 Å². The van der Waals surface area contributed by atoms with E-state index in [1.807, 2.05) is 0 Å². The third kappa shape index (κ3) is 2.49. The van der Waals surface area contributed by atoms with Crippen LogP contribution in [-0.4, -0.2) is 28.0 Å². The van der Waals surface area contributed by atoms with Gasteiger partial charge in [0.1, 0.15) is 6.29 Å². The minimum Gasteiger partial charge on any atom is -0.393 e. The first-order valence-corrected chi connectivity index (χ1v) is 5.45. The van der Waals surface area contributed by atoms with E-state index in [0.29, 0.717) is 0 Å². The van der Waals surface area contributed by atoms with Gasteiger partial charge in [0.25, 0.3) is 0 Å². The lowest BCUT2D eigenvalue weighted by Gasteiger charge is -2.21. The first-order chi connectivity index (χ1) is 5.68. The van der Waals surface area contributed by atoms with E-state index in [1.54, 1.807) is 18.7 Å². The monoisotopic (exact) mass is 188 g/mol. The normalized spacial score (nSPS) is 31.8. The first-order valence-electron chi connectivity index (χ1n) is 4.47. The number of hydrogen-bond acceptors (Lipinski definition) is 3. The Morgan fingerprint density at radius 3 is 2.92 bits per heavy atom. The van der Waals surface area contributed by atoms with Crippen molar-refractivity contribution in [2.45, 2.75) is 43.5 Å². The highest BCUT2D eigenvalue weighted by Gasteiger charge is 2.33. The van der Waals surface area contributed by atoms with Crippen molar-refractivity contribution in [1.29, 1.82) is 0 Å². The molecule has 1 saturated heterocycles. The maximum absolute atomic E-state index is 10.8. The average Bonchev–Trinajstić information content (AvgIpc) is 2.50. The van der Waals surface area contributed by atoms with Crippen LogP contribution in [0.2, 0.25) is 0 Å². The second-order valence-corrected chi connectivity index (χ2v) is 5.03. The predicted molar refractivity (Wildman–Crippen MR) is 51.4 cm³/mol. The van der Waals surface area contributed by atoms with Crippen molar-refractivity contribution < 1.29 is 9.90 Å². The maximum atomic E-state index is 10.8. The summed E-state index contributed by atoms with van der Waals surface area (Å²) >= 11 is 1.75. The molecular formula is C9H16O2S. The Balaban J connectivity index is 2.39. The number of carbonyl (C=O) groups excluding carboxylic acids is 1. The first kappa shape index (κ1) is 10.1. The lowest BCUT2D eigenvalue weighted by molar-refractivity contribution is -0.110. The summed E-state index contributed by atoms with van der Waals surface area (Å²) in [5, 5.41) is 9.10. The van der Waals surface area contributed by atoms with E-state index in [1.165, 1.54) is 0 Å². The Labute approximate surface area is 77.7 Å². The molecule has 3 heteroatoms. The van der Waals surface area contributed by atoms with Gasteiger partial charge in [-0.15, -0.1) is 11.8 Å². The van der Waals surface area contributed by atoms with Gasteiger partial charge in [-0.2, -0.15) is 0 Å². The van der Waals surface area contributed by atoms with Gasteiger partial charge in [0.05, 0.1) is 10.9 Å². The van der Waals surface area contributed by atoms with Crippen LogP contribution in [0.4, 0.5) is 0 Å². The Bertz CT molecular complexity index is 151. The maximum Gasteiger partial charge on any atom is 0.136 e. The second-order valence-electron chi connectivity index (χ2n) is 3.52. The van der Waals surface area contributed by atoms with Gasteiger partial charge in [0.15, 0.2) is 0 Å². The highest BCUT2D eigenvalue weighted by atomic mass is 32.2. The molecule has 0 aliphatic carbocycles. The van der Waals surface area contributed by atoms with Crippen LogP contribution >= 0.6 is 11.8 Å². The fraction of sp³-hybridized carbons (Fsp3) is 0.889. The summed E-state index contributed by atoms with van der Waals surface area (Å²) in [5.74, 6) is 1.10. The summed E-state index contributed by atoms with van der Waals surface area (Å²) < 4.78 is -0.156. The van der Waals surface area contributed by atoms with Crippen LogP contribution in [0.1, 0.15) is 32.6 Å². The van der Waals surface area contributed by atoms with E-state index < -0.39 is 0 Å². The van der Waals surface area contributed by atoms with E-state index in [4.69, 9.17) is 5.11 Å². The zero-order valence-corrected chi connectivity index (χ0v) is 8.27. The van der Waals surface area contributed by atoms with E-state index in [2.05, 4.69) is 0 Å². The molecule has 12 heavy (non-hydrogen) atoms. The molecule has 1 aliphatic heterocycles. The molecule has 0 aromatic rings. The van der Waals surface area contributed by atoms with Crippen LogP contribution in [0.3, 0.4) is 0 Å². The number of aliphatic hydroxyl groups excluding tert-OH is 1. The van der Waals surface area contributed by atoms with E-state index >= 15 is 0 Å². The predicted octanol–water partition coefficient (Wildman–Crippen LogP) is 1.61. The van der Waals surface area contributed by atoms with Crippen LogP contribution in [0.25, 0.3) is 0 Å². The molecule has 1 heterocycles. The molecular weight excluding hydrogens is 172 g/mol. The fourth-order valence-corrected chi connectivity index (χ4v) is 2.84. The second kappa shape index (κ2) is 4.28. The zero-order valence-electron chi connectivity index (χ0n) is 7.45. The van der Waals surface area contributed by atoms with Crippen molar-refractivity contribution in [2.75, 3.05) is 5.75 Å². The molecule has 0 spiro atoms. The molecule has 2 unspecified atom stereocenters. The van der Waals surface area contributed by atoms with Crippen molar-refractivity contribution in [3.8, 4) is 0 Å². The van der Waals surface area contributed by atoms with Gasteiger partial charge in [-0.05, 0) is 38.4 Å². The van der Waals surface area contributed by atoms with Gasteiger partial charge < -0.3 is 9.90 Å². The van der Waals surface area contributed by atoms with Gasteiger partial charge in [-0.25, -0.2) is 0 Å². The molecule has 1 N–H and O–H groups in total. The standard InChI is InChI=1S/C9H16O2S/c1-8(11)3-5-9(7-10)4-2-6-12-9/h7-8,11H,2-6H2,1H3. The Morgan fingerprint density at radius 1 is 1.75 bits per heavy atom. The number of aldehydes is 1. The topological polar surface area (TPSA) is 37.3 Å². The Hall–Kier alpha value is -0.0200. The minimum absolute atomic E-state index is 0.156. The molecule has 0 radical (unpaired) electrons. The third-order valence-corrected chi connectivity index (χ3v) is 3.91. The van der Waals surface area contributed by atoms with E-state index in [0.717, 1.165) is 37.7 Å². The minimum atomic E-state index is -0.275. The molecule has 1 rings (SSSR count). The van der Waals surface area contributed by atoms with Crippen LogP contribution in [0, 0.1) is 0 Å². The SMILES string of the molecule is CC(O)CCC1(C=O)CCCS1. The van der Waals surface area contributed by atoms with Crippen LogP contribution in [0.15, 0.2) is 0 Å². The third-order valence-electron chi connectivity index (χ3n) is 2.33. The van der Waals surface area contributed by atoms with Gasteiger partial charge >= 0.3 is 0 Å². The van der Waals surface area contributed by atoms with Crippen molar-refractivity contribution >= 4 is 18.0 Å². The molecule has 0 aromatic carbocycles. The molecule has 2 atom stereocenters. The highest BCUT2D eigenvalue weighted by Crippen LogP contribution is 2.40. The summed E-state index contributed by atoms with van der Waals surface area (Å²) in [5.41, 5.74) is 0. The van der Waals surface area contributed by atoms with E-state index in [9.17, 15) is 4.79 Å². The van der Waals surface area contributed by atoms with Crippen LogP contribution in [-0.2, 0) is 4.79 Å². The number of hydrogen-bond donors (Lipinski definition) is 1. The number of carbonyl (C=O) groups is 1. The summed E-state index contributed by atoms with van der Waals surface area (Å²) in [4.78, 5) is 10.8. The smallest absolute Gasteiger partial charge is 0.136 e. The highest BCUT2D eigenvalue weighted by molar-refractivity contribution is 8.01. The molecule has 2 nitrogen and oxygen atoms in total. The largest absolute Gasteiger partial charge is 0.393 e. The molecule has 0 aromatic heterocycles. The van der Waals surface area contributed by atoms with Crippen LogP contribution < -0.4 is 0 Å². The summed E-state index contributed by atoms with van der Waals surface area (Å²) in [6.45, 7) is 1.78. The molecule has 1 fully saturated rings. The van der Waals surface area contributed by atoms with Crippen LogP contribution in [0.5, 0.6) is 0 Å². The quantitative estimate of drug-likeness (QED) is 0.681. The summed E-state index contributed by atoms with van der Waals surface area (Å²) in [6.07, 6.45) is 4.51. The summed E-state index contributed by atoms with van der Waals surface area (Å²) in [7, 11) is 0. The van der Waals surface area contributed by atoms with Crippen molar-refractivity contribution in [3.63, 3.8) is 0 Å².